The average molecular weight is 274 g/mol. The van der Waals surface area contributed by atoms with E-state index in [0.29, 0.717) is 12.1 Å². The van der Waals surface area contributed by atoms with Gasteiger partial charge in [0.15, 0.2) is 0 Å². The van der Waals surface area contributed by atoms with Gasteiger partial charge in [-0.05, 0) is 50.6 Å². The van der Waals surface area contributed by atoms with Crippen molar-refractivity contribution in [1.29, 1.82) is 0 Å². The van der Waals surface area contributed by atoms with Gasteiger partial charge in [-0.1, -0.05) is 30.3 Å². The lowest BCUT2D eigenvalue weighted by Crippen LogP contribution is -2.33. The molecule has 2 nitrogen and oxygen atoms in total. The molecule has 1 aromatic heterocycles. The van der Waals surface area contributed by atoms with E-state index in [9.17, 15) is 0 Å². The van der Waals surface area contributed by atoms with Crippen LogP contribution in [0.15, 0.2) is 41.8 Å². The van der Waals surface area contributed by atoms with Crippen molar-refractivity contribution in [3.8, 4) is 0 Å². The van der Waals surface area contributed by atoms with Gasteiger partial charge < -0.3 is 5.32 Å². The molecule has 102 valence electrons. The van der Waals surface area contributed by atoms with E-state index in [0.717, 1.165) is 0 Å². The number of benzene rings is 1. The van der Waals surface area contributed by atoms with E-state index in [1.807, 2.05) is 18.4 Å². The number of hydrogen-bond acceptors (Lipinski definition) is 3. The molecular weight excluding hydrogens is 252 g/mol. The molecular formula is C16H22N2S. The summed E-state index contributed by atoms with van der Waals surface area (Å²) in [6.45, 7) is 2.19. The van der Waals surface area contributed by atoms with Gasteiger partial charge in [0.2, 0.25) is 0 Å². The van der Waals surface area contributed by atoms with E-state index in [-0.39, 0.29) is 0 Å². The zero-order chi connectivity index (χ0) is 13.8. The van der Waals surface area contributed by atoms with Crippen LogP contribution >= 0.6 is 11.3 Å². The highest BCUT2D eigenvalue weighted by Gasteiger charge is 2.27. The van der Waals surface area contributed by atoms with Gasteiger partial charge in [0.1, 0.15) is 0 Å². The topological polar surface area (TPSA) is 15.3 Å². The van der Waals surface area contributed by atoms with Crippen LogP contribution in [0.2, 0.25) is 0 Å². The normalized spacial score (nSPS) is 14.6. The van der Waals surface area contributed by atoms with E-state index < -0.39 is 0 Å². The highest BCUT2D eigenvalue weighted by molar-refractivity contribution is 7.10. The number of hydrogen-bond donors (Lipinski definition) is 1. The summed E-state index contributed by atoms with van der Waals surface area (Å²) in [5.41, 5.74) is 2.70. The Labute approximate surface area is 120 Å². The minimum atomic E-state index is 0.300. The second kappa shape index (κ2) is 6.33. The average Bonchev–Trinajstić information content (AvgIpc) is 2.82. The van der Waals surface area contributed by atoms with E-state index in [1.54, 1.807) is 0 Å². The van der Waals surface area contributed by atoms with Crippen LogP contribution in [0.5, 0.6) is 0 Å². The summed E-state index contributed by atoms with van der Waals surface area (Å²) in [6.07, 6.45) is 0. The van der Waals surface area contributed by atoms with Crippen LogP contribution in [0.1, 0.15) is 28.1 Å². The molecule has 0 spiro atoms. The fourth-order valence-electron chi connectivity index (χ4n) is 2.54. The first-order valence-corrected chi connectivity index (χ1v) is 7.45. The Morgan fingerprint density at radius 2 is 1.79 bits per heavy atom. The quantitative estimate of drug-likeness (QED) is 0.896. The molecule has 0 aliphatic rings. The Kier molecular flexibility index (Phi) is 4.75. The monoisotopic (exact) mass is 274 g/mol. The molecule has 2 rings (SSSR count). The zero-order valence-corrected chi connectivity index (χ0v) is 12.9. The first-order chi connectivity index (χ1) is 9.15. The zero-order valence-electron chi connectivity index (χ0n) is 12.1. The number of nitrogens with zero attached hydrogens (tertiary/aromatic N) is 1. The van der Waals surface area contributed by atoms with Crippen molar-refractivity contribution >= 4 is 11.3 Å². The van der Waals surface area contributed by atoms with Crippen LogP contribution in [0.3, 0.4) is 0 Å². The van der Waals surface area contributed by atoms with E-state index in [2.05, 4.69) is 73.0 Å². The van der Waals surface area contributed by atoms with Crippen molar-refractivity contribution < 1.29 is 0 Å². The van der Waals surface area contributed by atoms with Crippen LogP contribution in [0.25, 0.3) is 0 Å². The van der Waals surface area contributed by atoms with Crippen LogP contribution in [0, 0.1) is 6.92 Å². The Hall–Kier alpha value is -1.16. The number of aryl methyl sites for hydroxylation is 1. The molecule has 2 unspecified atom stereocenters. The van der Waals surface area contributed by atoms with Gasteiger partial charge in [-0.3, -0.25) is 4.90 Å². The summed E-state index contributed by atoms with van der Waals surface area (Å²) in [6, 6.07) is 13.5. The summed E-state index contributed by atoms with van der Waals surface area (Å²) in [4.78, 5) is 3.74. The second-order valence-electron chi connectivity index (χ2n) is 5.05. The largest absolute Gasteiger partial charge is 0.311 e. The second-order valence-corrected chi connectivity index (χ2v) is 6.00. The molecule has 0 aliphatic carbocycles. The SMILES string of the molecule is CNC(c1ccccc1)C(c1sccc1C)N(C)C. The lowest BCUT2D eigenvalue weighted by molar-refractivity contribution is 0.242. The van der Waals surface area contributed by atoms with Crippen molar-refractivity contribution in [2.24, 2.45) is 0 Å². The molecule has 2 aromatic rings. The van der Waals surface area contributed by atoms with Gasteiger partial charge in [-0.15, -0.1) is 11.3 Å². The third-order valence-corrected chi connectivity index (χ3v) is 4.60. The molecule has 0 saturated carbocycles. The minimum absolute atomic E-state index is 0.300. The predicted octanol–water partition coefficient (Wildman–Crippen LogP) is 3.62. The predicted molar refractivity (Wildman–Crippen MR) is 83.7 cm³/mol. The maximum absolute atomic E-state index is 3.48. The minimum Gasteiger partial charge on any atom is -0.311 e. The van der Waals surface area contributed by atoms with Crippen LogP contribution in [-0.4, -0.2) is 26.0 Å². The summed E-state index contributed by atoms with van der Waals surface area (Å²) in [5.74, 6) is 0. The molecule has 0 radical (unpaired) electrons. The third kappa shape index (κ3) is 3.06. The van der Waals surface area contributed by atoms with Gasteiger partial charge in [0.25, 0.3) is 0 Å². The van der Waals surface area contributed by atoms with E-state index >= 15 is 0 Å². The van der Waals surface area contributed by atoms with Crippen molar-refractivity contribution in [3.63, 3.8) is 0 Å². The smallest absolute Gasteiger partial charge is 0.0635 e. The Morgan fingerprint density at radius 1 is 1.11 bits per heavy atom. The summed E-state index contributed by atoms with van der Waals surface area (Å²) in [7, 11) is 6.34. The van der Waals surface area contributed by atoms with Crippen molar-refractivity contribution in [1.82, 2.24) is 10.2 Å². The highest BCUT2D eigenvalue weighted by atomic mass is 32.1. The molecule has 2 atom stereocenters. The Bertz CT molecular complexity index is 504. The lowest BCUT2D eigenvalue weighted by Gasteiger charge is -2.32. The van der Waals surface area contributed by atoms with Crippen molar-refractivity contribution in [2.75, 3.05) is 21.1 Å². The Balaban J connectivity index is 2.40. The van der Waals surface area contributed by atoms with Gasteiger partial charge in [-0.2, -0.15) is 0 Å². The molecule has 1 aromatic carbocycles. The number of likely N-dealkylation sites (N-methyl/N-ethyl adjacent to an activating group) is 2. The van der Waals surface area contributed by atoms with Crippen LogP contribution in [-0.2, 0) is 0 Å². The molecule has 0 bridgehead atoms. The van der Waals surface area contributed by atoms with Crippen molar-refractivity contribution in [2.45, 2.75) is 19.0 Å². The number of rotatable bonds is 5. The standard InChI is InChI=1S/C16H22N2S/c1-12-10-11-19-16(12)15(18(3)4)14(17-2)13-8-6-5-7-9-13/h5-11,14-15,17H,1-4H3. The van der Waals surface area contributed by atoms with Crippen molar-refractivity contribution in [3.05, 3.63) is 57.8 Å². The first-order valence-electron chi connectivity index (χ1n) is 6.57. The molecule has 0 saturated heterocycles. The van der Waals surface area contributed by atoms with Gasteiger partial charge in [0, 0.05) is 4.88 Å². The van der Waals surface area contributed by atoms with Gasteiger partial charge in [0.05, 0.1) is 12.1 Å². The molecule has 0 amide bonds. The van der Waals surface area contributed by atoms with Gasteiger partial charge in [-0.25, -0.2) is 0 Å². The third-order valence-electron chi connectivity index (χ3n) is 3.51. The van der Waals surface area contributed by atoms with Gasteiger partial charge >= 0.3 is 0 Å². The first kappa shape index (κ1) is 14.3. The number of nitrogens with one attached hydrogen (secondary N) is 1. The lowest BCUT2D eigenvalue weighted by atomic mass is 9.96. The summed E-state index contributed by atoms with van der Waals surface area (Å²) in [5, 5.41) is 5.66. The molecule has 1 heterocycles. The van der Waals surface area contributed by atoms with Crippen LogP contribution in [0.4, 0.5) is 0 Å². The molecule has 0 aliphatic heterocycles. The van der Waals surface area contributed by atoms with Crippen LogP contribution < -0.4 is 5.32 Å². The summed E-state index contributed by atoms with van der Waals surface area (Å²) < 4.78 is 0. The van der Waals surface area contributed by atoms with E-state index in [4.69, 9.17) is 0 Å². The molecule has 0 fully saturated rings. The fraction of sp³-hybridized carbons (Fsp3) is 0.375. The number of thiophene rings is 1. The maximum atomic E-state index is 3.48. The van der Waals surface area contributed by atoms with E-state index in [1.165, 1.54) is 16.0 Å². The fourth-order valence-corrected chi connectivity index (χ4v) is 3.70. The summed E-state index contributed by atoms with van der Waals surface area (Å²) >= 11 is 1.84. The highest BCUT2D eigenvalue weighted by Crippen LogP contribution is 2.36. The molecule has 19 heavy (non-hydrogen) atoms. The maximum Gasteiger partial charge on any atom is 0.0635 e. The molecule has 3 heteroatoms. The molecule has 1 N–H and O–H groups in total. The Morgan fingerprint density at radius 3 is 2.26 bits per heavy atom.